The first-order chi connectivity index (χ1) is 9.59. The number of rotatable bonds is 2. The lowest BCUT2D eigenvalue weighted by Gasteiger charge is -2.42. The normalized spacial score (nSPS) is 28.1. The average molecular weight is 360 g/mol. The Morgan fingerprint density at radius 1 is 1.15 bits per heavy atom. The molecule has 2 fully saturated rings. The minimum atomic E-state index is -3.42. The van der Waals surface area contributed by atoms with Crippen molar-refractivity contribution in [1.82, 2.24) is 4.31 Å². The lowest BCUT2D eigenvalue weighted by atomic mass is 9.91. The first-order valence-corrected chi connectivity index (χ1v) is 9.21. The molecule has 3 rings (SSSR count). The van der Waals surface area contributed by atoms with Crippen LogP contribution >= 0.6 is 15.9 Å². The molecule has 0 radical (unpaired) electrons. The highest BCUT2D eigenvalue weighted by molar-refractivity contribution is 9.10. The lowest BCUT2D eigenvalue weighted by Crippen LogP contribution is -2.54. The predicted molar refractivity (Wildman–Crippen MR) is 80.0 cm³/mol. The van der Waals surface area contributed by atoms with Crippen molar-refractivity contribution in [2.24, 2.45) is 0 Å². The largest absolute Gasteiger partial charge is 0.375 e. The topological polar surface area (TPSA) is 46.6 Å². The van der Waals surface area contributed by atoms with Crippen molar-refractivity contribution in [1.29, 1.82) is 0 Å². The van der Waals surface area contributed by atoms with E-state index in [-0.39, 0.29) is 12.1 Å². The van der Waals surface area contributed by atoms with Gasteiger partial charge in [0.25, 0.3) is 0 Å². The minimum Gasteiger partial charge on any atom is -0.375 e. The molecule has 2 aliphatic rings. The van der Waals surface area contributed by atoms with Gasteiger partial charge in [-0.05, 0) is 37.1 Å². The summed E-state index contributed by atoms with van der Waals surface area (Å²) in [7, 11) is -3.42. The van der Waals surface area contributed by atoms with Crippen molar-refractivity contribution in [3.8, 4) is 0 Å². The van der Waals surface area contributed by atoms with E-state index in [1.54, 1.807) is 28.6 Å². The number of sulfonamides is 1. The van der Waals surface area contributed by atoms with Gasteiger partial charge < -0.3 is 4.74 Å². The van der Waals surface area contributed by atoms with E-state index in [2.05, 4.69) is 15.9 Å². The maximum Gasteiger partial charge on any atom is 0.243 e. The second-order valence-corrected chi connectivity index (χ2v) is 8.14. The van der Waals surface area contributed by atoms with Gasteiger partial charge >= 0.3 is 0 Å². The van der Waals surface area contributed by atoms with Crippen molar-refractivity contribution >= 4 is 26.0 Å². The van der Waals surface area contributed by atoms with Crippen LogP contribution in [0.15, 0.2) is 33.6 Å². The molecule has 4 nitrogen and oxygen atoms in total. The van der Waals surface area contributed by atoms with Crippen LogP contribution in [0.1, 0.15) is 25.7 Å². The number of benzene rings is 1. The Balaban J connectivity index is 1.91. The zero-order valence-corrected chi connectivity index (χ0v) is 13.6. The molecule has 0 amide bonds. The van der Waals surface area contributed by atoms with E-state index in [4.69, 9.17) is 4.74 Å². The van der Waals surface area contributed by atoms with Gasteiger partial charge in [-0.15, -0.1) is 0 Å². The Morgan fingerprint density at radius 3 is 2.60 bits per heavy atom. The third kappa shape index (κ3) is 2.66. The smallest absolute Gasteiger partial charge is 0.243 e. The number of hydrogen-bond acceptors (Lipinski definition) is 3. The van der Waals surface area contributed by atoms with Crippen LogP contribution in [0.3, 0.4) is 0 Å². The van der Waals surface area contributed by atoms with Gasteiger partial charge in [0.15, 0.2) is 0 Å². The van der Waals surface area contributed by atoms with Crippen LogP contribution in [0.4, 0.5) is 0 Å². The monoisotopic (exact) mass is 359 g/mol. The van der Waals surface area contributed by atoms with Gasteiger partial charge in [-0.3, -0.25) is 0 Å². The summed E-state index contributed by atoms with van der Waals surface area (Å²) in [5, 5.41) is 0. The number of halogens is 1. The van der Waals surface area contributed by atoms with E-state index in [0.717, 1.165) is 30.2 Å². The summed E-state index contributed by atoms with van der Waals surface area (Å²) in [5.41, 5.74) is 0. The summed E-state index contributed by atoms with van der Waals surface area (Å²) in [4.78, 5) is 0.368. The average Bonchev–Trinajstić information content (AvgIpc) is 2.47. The van der Waals surface area contributed by atoms with Crippen molar-refractivity contribution in [3.63, 3.8) is 0 Å². The number of hydrogen-bond donors (Lipinski definition) is 0. The van der Waals surface area contributed by atoms with Crippen LogP contribution in [0.2, 0.25) is 0 Å². The molecule has 1 aliphatic heterocycles. The highest BCUT2D eigenvalue weighted by Crippen LogP contribution is 2.32. The van der Waals surface area contributed by atoms with Crippen molar-refractivity contribution in [2.75, 3.05) is 13.2 Å². The van der Waals surface area contributed by atoms with Crippen LogP contribution < -0.4 is 0 Å². The zero-order chi connectivity index (χ0) is 14.2. The minimum absolute atomic E-state index is 0.00569. The maximum absolute atomic E-state index is 12.8. The van der Waals surface area contributed by atoms with Gasteiger partial charge in [0.05, 0.1) is 23.6 Å². The SMILES string of the molecule is O=S(=O)(c1ccc(Br)cc1)N1CCOC2CCCCC21. The van der Waals surface area contributed by atoms with Gasteiger partial charge in [0, 0.05) is 11.0 Å². The van der Waals surface area contributed by atoms with E-state index in [1.165, 1.54) is 0 Å². The van der Waals surface area contributed by atoms with Gasteiger partial charge in [-0.2, -0.15) is 4.31 Å². The number of ether oxygens (including phenoxy) is 1. The molecule has 20 heavy (non-hydrogen) atoms. The van der Waals surface area contributed by atoms with Gasteiger partial charge in [0.1, 0.15) is 0 Å². The molecule has 2 unspecified atom stereocenters. The highest BCUT2D eigenvalue weighted by Gasteiger charge is 2.40. The molecule has 1 heterocycles. The quantitative estimate of drug-likeness (QED) is 0.815. The molecule has 1 aromatic carbocycles. The molecule has 110 valence electrons. The summed E-state index contributed by atoms with van der Waals surface area (Å²) in [6.07, 6.45) is 4.16. The van der Waals surface area contributed by atoms with Crippen molar-refractivity contribution in [3.05, 3.63) is 28.7 Å². The number of fused-ring (bicyclic) bond motifs is 1. The summed E-state index contributed by atoms with van der Waals surface area (Å²) in [6.45, 7) is 0.955. The second kappa shape index (κ2) is 5.75. The summed E-state index contributed by atoms with van der Waals surface area (Å²) in [5.74, 6) is 0. The molecule has 1 aromatic rings. The predicted octanol–water partition coefficient (Wildman–Crippen LogP) is 2.78. The Morgan fingerprint density at radius 2 is 1.85 bits per heavy atom. The van der Waals surface area contributed by atoms with Crippen LogP contribution in [-0.2, 0) is 14.8 Å². The summed E-state index contributed by atoms with van der Waals surface area (Å²) < 4.78 is 33.9. The van der Waals surface area contributed by atoms with Gasteiger partial charge in [-0.25, -0.2) is 8.42 Å². The fourth-order valence-electron chi connectivity index (χ4n) is 3.10. The summed E-state index contributed by atoms with van der Waals surface area (Å²) >= 11 is 3.34. The fourth-order valence-corrected chi connectivity index (χ4v) is 5.03. The van der Waals surface area contributed by atoms with E-state index >= 15 is 0 Å². The molecular formula is C14H18BrNO3S. The van der Waals surface area contributed by atoms with Crippen molar-refractivity contribution < 1.29 is 13.2 Å². The molecule has 1 aliphatic carbocycles. The molecule has 0 spiro atoms. The van der Waals surface area contributed by atoms with Gasteiger partial charge in [0.2, 0.25) is 10.0 Å². The van der Waals surface area contributed by atoms with Crippen LogP contribution in [-0.4, -0.2) is 38.0 Å². The molecular weight excluding hydrogens is 342 g/mol. The highest BCUT2D eigenvalue weighted by atomic mass is 79.9. The van der Waals surface area contributed by atoms with Gasteiger partial charge in [-0.1, -0.05) is 28.8 Å². The van der Waals surface area contributed by atoms with E-state index in [0.29, 0.717) is 18.0 Å². The first-order valence-electron chi connectivity index (χ1n) is 6.98. The molecule has 0 bridgehead atoms. The molecule has 0 aromatic heterocycles. The second-order valence-electron chi connectivity index (χ2n) is 5.33. The van der Waals surface area contributed by atoms with Crippen molar-refractivity contribution in [2.45, 2.75) is 42.7 Å². The molecule has 2 atom stereocenters. The Bertz CT molecular complexity index is 571. The summed E-state index contributed by atoms with van der Waals surface area (Å²) in [6, 6.07) is 6.86. The van der Waals surface area contributed by atoms with Crippen LogP contribution in [0.25, 0.3) is 0 Å². The Kier molecular flexibility index (Phi) is 4.17. The number of morpholine rings is 1. The molecule has 0 N–H and O–H groups in total. The molecule has 1 saturated carbocycles. The third-order valence-electron chi connectivity index (χ3n) is 4.10. The van der Waals surface area contributed by atoms with E-state index in [1.807, 2.05) is 0 Å². The van der Waals surface area contributed by atoms with E-state index in [9.17, 15) is 8.42 Å². The van der Waals surface area contributed by atoms with E-state index < -0.39 is 10.0 Å². The Hall–Kier alpha value is -0.430. The first kappa shape index (κ1) is 14.5. The zero-order valence-electron chi connectivity index (χ0n) is 11.2. The molecule has 1 saturated heterocycles. The Labute approximate surface area is 128 Å². The third-order valence-corrected chi connectivity index (χ3v) is 6.57. The number of nitrogens with zero attached hydrogens (tertiary/aromatic N) is 1. The fraction of sp³-hybridized carbons (Fsp3) is 0.571. The lowest BCUT2D eigenvalue weighted by molar-refractivity contribution is -0.0586. The van der Waals surface area contributed by atoms with Crippen LogP contribution in [0, 0.1) is 0 Å². The molecule has 6 heteroatoms. The maximum atomic E-state index is 12.8. The standard InChI is InChI=1S/C14H18BrNO3S/c15-11-5-7-12(8-6-11)20(17,18)16-9-10-19-14-4-2-1-3-13(14)16/h5-8,13-14H,1-4,9-10H2. The van der Waals surface area contributed by atoms with Crippen LogP contribution in [0.5, 0.6) is 0 Å².